The van der Waals surface area contributed by atoms with E-state index in [0.717, 1.165) is 30.2 Å². The predicted octanol–water partition coefficient (Wildman–Crippen LogP) is 3.02. The summed E-state index contributed by atoms with van der Waals surface area (Å²) in [5.41, 5.74) is 1.34. The Morgan fingerprint density at radius 3 is 2.10 bits per heavy atom. The molecule has 0 aliphatic heterocycles. The molecule has 1 rings (SSSR count). The maximum Gasteiger partial charge on any atom is 0.239 e. The highest BCUT2D eigenvalue weighted by Crippen LogP contribution is 2.16. The van der Waals surface area contributed by atoms with Gasteiger partial charge in [0.2, 0.25) is 18.7 Å². The number of carbonyl (C=O) groups is 3. The average Bonchev–Trinajstić information content (AvgIpc) is 2.71. The highest BCUT2D eigenvalue weighted by Gasteiger charge is 2.16. The van der Waals surface area contributed by atoms with E-state index in [1.807, 2.05) is 25.1 Å². The normalized spacial score (nSPS) is 11.6. The Bertz CT molecular complexity index is 535. The summed E-state index contributed by atoms with van der Waals surface area (Å²) in [5.74, 6) is 0.936. The maximum atomic E-state index is 10.4. The van der Waals surface area contributed by atoms with Crippen LogP contribution in [0.15, 0.2) is 30.3 Å². The van der Waals surface area contributed by atoms with E-state index >= 15 is 0 Å². The molecule has 0 saturated heterocycles. The zero-order chi connectivity index (χ0) is 22.7. The van der Waals surface area contributed by atoms with Crippen LogP contribution >= 0.6 is 0 Å². The highest BCUT2D eigenvalue weighted by molar-refractivity contribution is 5.79. The third-order valence-electron chi connectivity index (χ3n) is 3.94. The maximum absolute atomic E-state index is 10.4. The first-order chi connectivity index (χ1) is 13.7. The third kappa shape index (κ3) is 18.7. The minimum absolute atomic E-state index is 0.0556. The fourth-order valence-corrected chi connectivity index (χ4v) is 2.09. The Kier molecular flexibility index (Phi) is 18.8. The zero-order valence-corrected chi connectivity index (χ0v) is 18.7. The van der Waals surface area contributed by atoms with Crippen molar-refractivity contribution in [2.45, 2.75) is 59.9 Å². The Hall–Kier alpha value is -2.41. The van der Waals surface area contributed by atoms with E-state index in [1.54, 1.807) is 0 Å². The number of rotatable bonds is 10. The van der Waals surface area contributed by atoms with E-state index in [1.165, 1.54) is 12.6 Å². The van der Waals surface area contributed by atoms with Crippen molar-refractivity contribution < 1.29 is 19.6 Å². The molecule has 3 N–H and O–H groups in total. The molecule has 3 amide bonds. The van der Waals surface area contributed by atoms with Crippen LogP contribution in [0.5, 0.6) is 0 Å². The molecular weight excluding hydrogens is 370 g/mol. The summed E-state index contributed by atoms with van der Waals surface area (Å²) in [4.78, 5) is 30.2. The standard InChI is InChI=1S/C14H21NO2.C4H8N2O2.C4H10/c1-12(13(2)15(17)11-16)7-6-10-14-8-4-3-5-9-14;1-5-4(8)2-6-3-7;1-4(2)3/h3-5,8-9,11-13,17H,6-7,10H2,1-2H3;3H,2H2,1H3,(H,5,8)(H,6,7);4H,1-3H3. The molecule has 0 aliphatic rings. The summed E-state index contributed by atoms with van der Waals surface area (Å²) < 4.78 is 0. The lowest BCUT2D eigenvalue weighted by molar-refractivity contribution is -0.163. The van der Waals surface area contributed by atoms with Crippen molar-refractivity contribution >= 4 is 18.7 Å². The first-order valence-electron chi connectivity index (χ1n) is 10.0. The average molecular weight is 410 g/mol. The highest BCUT2D eigenvalue weighted by atomic mass is 16.5. The van der Waals surface area contributed by atoms with Crippen LogP contribution in [-0.4, -0.2) is 48.6 Å². The van der Waals surface area contributed by atoms with E-state index in [0.29, 0.717) is 18.7 Å². The summed E-state index contributed by atoms with van der Waals surface area (Å²) in [7, 11) is 1.51. The zero-order valence-electron chi connectivity index (χ0n) is 18.7. The van der Waals surface area contributed by atoms with E-state index in [9.17, 15) is 19.6 Å². The molecule has 0 bridgehead atoms. The van der Waals surface area contributed by atoms with Crippen LogP contribution in [0.1, 0.15) is 53.0 Å². The molecule has 7 nitrogen and oxygen atoms in total. The number of hydroxylamine groups is 2. The second-order valence-corrected chi connectivity index (χ2v) is 7.49. The lowest BCUT2D eigenvalue weighted by atomic mass is 9.95. The molecule has 2 atom stereocenters. The van der Waals surface area contributed by atoms with Gasteiger partial charge in [-0.05, 0) is 43.6 Å². The fraction of sp³-hybridized carbons (Fsp3) is 0.591. The summed E-state index contributed by atoms with van der Waals surface area (Å²) >= 11 is 0. The lowest BCUT2D eigenvalue weighted by Crippen LogP contribution is -2.33. The molecule has 0 heterocycles. The fourth-order valence-electron chi connectivity index (χ4n) is 2.09. The van der Waals surface area contributed by atoms with Crippen LogP contribution in [0.4, 0.5) is 0 Å². The molecule has 0 radical (unpaired) electrons. The van der Waals surface area contributed by atoms with Crippen LogP contribution < -0.4 is 10.6 Å². The number of likely N-dealkylation sites (N-methyl/N-ethyl adjacent to an activating group) is 1. The molecule has 166 valence electrons. The lowest BCUT2D eigenvalue weighted by Gasteiger charge is -2.24. The Morgan fingerprint density at radius 1 is 1.10 bits per heavy atom. The number of nitrogens with zero attached hydrogens (tertiary/aromatic N) is 1. The van der Waals surface area contributed by atoms with Crippen molar-refractivity contribution in [1.82, 2.24) is 15.7 Å². The number of hydrogen-bond acceptors (Lipinski definition) is 4. The van der Waals surface area contributed by atoms with Gasteiger partial charge in [0.15, 0.2) is 0 Å². The largest absolute Gasteiger partial charge is 0.358 e. The van der Waals surface area contributed by atoms with Crippen LogP contribution in [0.3, 0.4) is 0 Å². The summed E-state index contributed by atoms with van der Waals surface area (Å²) in [6.07, 6.45) is 4.07. The van der Waals surface area contributed by atoms with Crippen molar-refractivity contribution in [2.75, 3.05) is 13.6 Å². The minimum Gasteiger partial charge on any atom is -0.358 e. The van der Waals surface area contributed by atoms with Crippen molar-refractivity contribution in [3.63, 3.8) is 0 Å². The first-order valence-corrected chi connectivity index (χ1v) is 10.0. The van der Waals surface area contributed by atoms with Crippen LogP contribution in [0.2, 0.25) is 0 Å². The second kappa shape index (κ2) is 18.9. The van der Waals surface area contributed by atoms with Gasteiger partial charge in [0.1, 0.15) is 0 Å². The number of amides is 3. The summed E-state index contributed by atoms with van der Waals surface area (Å²) in [6, 6.07) is 10.2. The molecule has 0 aliphatic carbocycles. The Balaban J connectivity index is 0. The number of nitrogens with one attached hydrogen (secondary N) is 2. The number of hydrogen-bond donors (Lipinski definition) is 3. The van der Waals surface area contributed by atoms with Gasteiger partial charge >= 0.3 is 0 Å². The van der Waals surface area contributed by atoms with Crippen molar-refractivity contribution in [1.29, 1.82) is 0 Å². The quantitative estimate of drug-likeness (QED) is 0.314. The summed E-state index contributed by atoms with van der Waals surface area (Å²) in [5, 5.41) is 14.6. The minimum atomic E-state index is -0.197. The molecular formula is C22H39N3O4. The molecule has 0 spiro atoms. The number of benzene rings is 1. The molecule has 29 heavy (non-hydrogen) atoms. The van der Waals surface area contributed by atoms with Crippen LogP contribution in [-0.2, 0) is 20.8 Å². The Labute approximate surface area is 175 Å². The van der Waals surface area contributed by atoms with Crippen LogP contribution in [0.25, 0.3) is 0 Å². The predicted molar refractivity (Wildman–Crippen MR) is 116 cm³/mol. The molecule has 2 unspecified atom stereocenters. The van der Waals surface area contributed by atoms with E-state index in [2.05, 4.69) is 50.5 Å². The smallest absolute Gasteiger partial charge is 0.239 e. The van der Waals surface area contributed by atoms with Gasteiger partial charge in [-0.2, -0.15) is 0 Å². The van der Waals surface area contributed by atoms with Gasteiger partial charge < -0.3 is 10.6 Å². The topological polar surface area (TPSA) is 98.7 Å². The Morgan fingerprint density at radius 2 is 1.66 bits per heavy atom. The number of aryl methyl sites for hydroxylation is 1. The molecule has 7 heteroatoms. The SMILES string of the molecule is CC(C)C.CC(CCCc1ccccc1)C(C)N(O)C=O.CNC(=O)CNC=O. The van der Waals surface area contributed by atoms with Gasteiger partial charge in [-0.25, -0.2) is 5.06 Å². The third-order valence-corrected chi connectivity index (χ3v) is 3.94. The van der Waals surface area contributed by atoms with Gasteiger partial charge in [0, 0.05) is 7.05 Å². The van der Waals surface area contributed by atoms with Gasteiger partial charge in [-0.1, -0.05) is 58.0 Å². The number of carbonyl (C=O) groups excluding carboxylic acids is 3. The van der Waals surface area contributed by atoms with Gasteiger partial charge in [0.05, 0.1) is 12.6 Å². The van der Waals surface area contributed by atoms with E-state index in [4.69, 9.17) is 0 Å². The molecule has 0 fully saturated rings. The van der Waals surface area contributed by atoms with E-state index in [-0.39, 0.29) is 18.5 Å². The van der Waals surface area contributed by atoms with Crippen molar-refractivity contribution in [3.05, 3.63) is 35.9 Å². The van der Waals surface area contributed by atoms with Crippen LogP contribution in [0, 0.1) is 11.8 Å². The summed E-state index contributed by atoms with van der Waals surface area (Å²) in [6.45, 7) is 10.5. The monoisotopic (exact) mass is 409 g/mol. The molecule has 0 aromatic heterocycles. The first kappa shape index (κ1) is 28.8. The van der Waals surface area contributed by atoms with Crippen molar-refractivity contribution in [3.8, 4) is 0 Å². The molecule has 0 saturated carbocycles. The second-order valence-electron chi connectivity index (χ2n) is 7.49. The van der Waals surface area contributed by atoms with Crippen molar-refractivity contribution in [2.24, 2.45) is 11.8 Å². The van der Waals surface area contributed by atoms with E-state index < -0.39 is 0 Å². The van der Waals surface area contributed by atoms with Gasteiger partial charge in [0.25, 0.3) is 0 Å². The van der Waals surface area contributed by atoms with Gasteiger partial charge in [-0.3, -0.25) is 19.6 Å². The van der Waals surface area contributed by atoms with Gasteiger partial charge in [-0.15, -0.1) is 0 Å². The molecule has 1 aromatic rings. The molecule has 1 aromatic carbocycles.